The molecule has 0 atom stereocenters. The van der Waals surface area contributed by atoms with Gasteiger partial charge >= 0.3 is 0 Å². The summed E-state index contributed by atoms with van der Waals surface area (Å²) in [5.41, 5.74) is 1.76. The van der Waals surface area contributed by atoms with Crippen molar-refractivity contribution in [2.75, 3.05) is 13.1 Å². The minimum absolute atomic E-state index is 0.297. The second-order valence-electron chi connectivity index (χ2n) is 5.88. The minimum atomic E-state index is 0.297. The van der Waals surface area contributed by atoms with Crippen molar-refractivity contribution in [1.82, 2.24) is 4.90 Å². The van der Waals surface area contributed by atoms with E-state index in [-0.39, 0.29) is 0 Å². The molecule has 1 heterocycles. The van der Waals surface area contributed by atoms with Crippen molar-refractivity contribution in [3.05, 3.63) is 35.9 Å². The molecule has 0 spiro atoms. The number of benzene rings is 1. The van der Waals surface area contributed by atoms with Crippen LogP contribution in [0.3, 0.4) is 0 Å². The lowest BCUT2D eigenvalue weighted by atomic mass is 9.92. The summed E-state index contributed by atoms with van der Waals surface area (Å²) in [6, 6.07) is 10.9. The SMILES string of the molecule is CC(C)(Cc1ccccc1)N1CCCCCC1. The van der Waals surface area contributed by atoms with E-state index in [0.29, 0.717) is 5.54 Å². The van der Waals surface area contributed by atoms with E-state index in [9.17, 15) is 0 Å². The number of nitrogens with zero attached hydrogens (tertiary/aromatic N) is 1. The molecule has 1 aromatic carbocycles. The lowest BCUT2D eigenvalue weighted by Gasteiger charge is -2.38. The molecule has 0 amide bonds. The van der Waals surface area contributed by atoms with Crippen LogP contribution in [-0.4, -0.2) is 23.5 Å². The first kappa shape index (κ1) is 12.6. The fourth-order valence-electron chi connectivity index (χ4n) is 2.88. The molecule has 0 unspecified atom stereocenters. The second kappa shape index (κ2) is 5.68. The van der Waals surface area contributed by atoms with Crippen LogP contribution in [0.2, 0.25) is 0 Å². The van der Waals surface area contributed by atoms with Crippen molar-refractivity contribution in [2.24, 2.45) is 0 Å². The quantitative estimate of drug-likeness (QED) is 0.763. The number of hydrogen-bond acceptors (Lipinski definition) is 1. The molecule has 0 aliphatic carbocycles. The van der Waals surface area contributed by atoms with Crippen LogP contribution in [0.1, 0.15) is 45.1 Å². The molecule has 0 radical (unpaired) electrons. The average Bonchev–Trinajstić information content (AvgIpc) is 2.58. The van der Waals surface area contributed by atoms with Crippen LogP contribution in [0.5, 0.6) is 0 Å². The van der Waals surface area contributed by atoms with E-state index in [2.05, 4.69) is 49.1 Å². The molecular weight excluding hydrogens is 206 g/mol. The van der Waals surface area contributed by atoms with Gasteiger partial charge in [-0.1, -0.05) is 43.2 Å². The standard InChI is InChI=1S/C16H25N/c1-16(2,14-15-10-6-5-7-11-15)17-12-8-3-4-9-13-17/h5-7,10-11H,3-4,8-9,12-14H2,1-2H3. The maximum Gasteiger partial charge on any atom is 0.0193 e. The topological polar surface area (TPSA) is 3.24 Å². The summed E-state index contributed by atoms with van der Waals surface area (Å²) in [5.74, 6) is 0. The van der Waals surface area contributed by atoms with E-state index >= 15 is 0 Å². The van der Waals surface area contributed by atoms with Crippen molar-refractivity contribution >= 4 is 0 Å². The molecule has 1 aliphatic rings. The van der Waals surface area contributed by atoms with Crippen LogP contribution >= 0.6 is 0 Å². The van der Waals surface area contributed by atoms with Crippen molar-refractivity contribution in [2.45, 2.75) is 51.5 Å². The van der Waals surface area contributed by atoms with Gasteiger partial charge in [-0.05, 0) is 51.8 Å². The highest BCUT2D eigenvalue weighted by Gasteiger charge is 2.27. The Hall–Kier alpha value is -0.820. The predicted octanol–water partition coefficient (Wildman–Crippen LogP) is 3.88. The zero-order valence-electron chi connectivity index (χ0n) is 11.3. The van der Waals surface area contributed by atoms with Gasteiger partial charge in [-0.25, -0.2) is 0 Å². The zero-order valence-corrected chi connectivity index (χ0v) is 11.3. The van der Waals surface area contributed by atoms with Gasteiger partial charge in [0, 0.05) is 5.54 Å². The number of rotatable bonds is 3. The molecule has 17 heavy (non-hydrogen) atoms. The highest BCUT2D eigenvalue weighted by Crippen LogP contribution is 2.23. The molecule has 0 aromatic heterocycles. The van der Waals surface area contributed by atoms with Crippen LogP contribution in [0.15, 0.2) is 30.3 Å². The van der Waals surface area contributed by atoms with Crippen molar-refractivity contribution in [1.29, 1.82) is 0 Å². The van der Waals surface area contributed by atoms with E-state index in [1.54, 1.807) is 0 Å². The molecular formula is C16H25N. The molecule has 94 valence electrons. The maximum absolute atomic E-state index is 2.69. The summed E-state index contributed by atoms with van der Waals surface area (Å²) >= 11 is 0. The Balaban J connectivity index is 2.01. The third-order valence-electron chi connectivity index (χ3n) is 3.94. The monoisotopic (exact) mass is 231 g/mol. The number of likely N-dealkylation sites (tertiary alicyclic amines) is 1. The van der Waals surface area contributed by atoms with E-state index in [4.69, 9.17) is 0 Å². The summed E-state index contributed by atoms with van der Waals surface area (Å²) in [6.07, 6.45) is 6.74. The third-order valence-corrected chi connectivity index (χ3v) is 3.94. The van der Waals surface area contributed by atoms with Gasteiger partial charge in [-0.15, -0.1) is 0 Å². The van der Waals surface area contributed by atoms with Crippen LogP contribution in [0.4, 0.5) is 0 Å². The van der Waals surface area contributed by atoms with Crippen molar-refractivity contribution < 1.29 is 0 Å². The molecule has 1 fully saturated rings. The fraction of sp³-hybridized carbons (Fsp3) is 0.625. The molecule has 1 aliphatic heterocycles. The van der Waals surface area contributed by atoms with Crippen LogP contribution in [0.25, 0.3) is 0 Å². The van der Waals surface area contributed by atoms with E-state index < -0.39 is 0 Å². The first-order chi connectivity index (χ1) is 8.18. The Morgan fingerprint density at radius 3 is 2.12 bits per heavy atom. The fourth-order valence-corrected chi connectivity index (χ4v) is 2.88. The first-order valence-corrected chi connectivity index (χ1v) is 6.97. The molecule has 0 saturated carbocycles. The van der Waals surface area contributed by atoms with E-state index in [1.807, 2.05) is 0 Å². The van der Waals surface area contributed by atoms with Crippen LogP contribution in [0, 0.1) is 0 Å². The molecule has 0 bridgehead atoms. The van der Waals surface area contributed by atoms with Gasteiger partial charge in [-0.2, -0.15) is 0 Å². The van der Waals surface area contributed by atoms with Crippen molar-refractivity contribution in [3.8, 4) is 0 Å². The second-order valence-corrected chi connectivity index (χ2v) is 5.88. The Morgan fingerprint density at radius 1 is 0.941 bits per heavy atom. The Morgan fingerprint density at radius 2 is 1.53 bits per heavy atom. The van der Waals surface area contributed by atoms with Gasteiger partial charge in [0.15, 0.2) is 0 Å². The van der Waals surface area contributed by atoms with Gasteiger partial charge in [0.25, 0.3) is 0 Å². The smallest absolute Gasteiger partial charge is 0.0193 e. The molecule has 0 N–H and O–H groups in total. The van der Waals surface area contributed by atoms with Gasteiger partial charge in [0.05, 0.1) is 0 Å². The predicted molar refractivity (Wildman–Crippen MR) is 74.3 cm³/mol. The highest BCUT2D eigenvalue weighted by molar-refractivity contribution is 5.17. The van der Waals surface area contributed by atoms with Crippen LogP contribution in [-0.2, 0) is 6.42 Å². The average molecular weight is 231 g/mol. The largest absolute Gasteiger partial charge is 0.298 e. The molecule has 1 nitrogen and oxygen atoms in total. The van der Waals surface area contributed by atoms with E-state index in [0.717, 1.165) is 6.42 Å². The zero-order chi connectivity index (χ0) is 12.1. The first-order valence-electron chi connectivity index (χ1n) is 6.97. The third kappa shape index (κ3) is 3.57. The van der Waals surface area contributed by atoms with E-state index in [1.165, 1.54) is 44.3 Å². The Bertz CT molecular complexity index is 321. The molecule has 1 heteroatoms. The van der Waals surface area contributed by atoms with Crippen molar-refractivity contribution in [3.63, 3.8) is 0 Å². The number of hydrogen-bond donors (Lipinski definition) is 0. The molecule has 2 rings (SSSR count). The van der Waals surface area contributed by atoms with Gasteiger partial charge in [0.1, 0.15) is 0 Å². The maximum atomic E-state index is 2.69. The minimum Gasteiger partial charge on any atom is -0.298 e. The summed E-state index contributed by atoms with van der Waals surface area (Å²) < 4.78 is 0. The molecule has 1 aromatic rings. The van der Waals surface area contributed by atoms with Gasteiger partial charge in [-0.3, -0.25) is 4.90 Å². The summed E-state index contributed by atoms with van der Waals surface area (Å²) in [7, 11) is 0. The summed E-state index contributed by atoms with van der Waals surface area (Å²) in [4.78, 5) is 2.69. The Labute approximate surface area is 106 Å². The van der Waals surface area contributed by atoms with Crippen LogP contribution < -0.4 is 0 Å². The summed E-state index contributed by atoms with van der Waals surface area (Å²) in [5, 5.41) is 0. The normalized spacial score (nSPS) is 18.9. The van der Waals surface area contributed by atoms with Gasteiger partial charge < -0.3 is 0 Å². The molecule has 1 saturated heterocycles. The lowest BCUT2D eigenvalue weighted by Crippen LogP contribution is -2.46. The lowest BCUT2D eigenvalue weighted by molar-refractivity contribution is 0.125. The Kier molecular flexibility index (Phi) is 4.22. The van der Waals surface area contributed by atoms with Gasteiger partial charge in [0.2, 0.25) is 0 Å². The summed E-state index contributed by atoms with van der Waals surface area (Å²) in [6.45, 7) is 7.34. The highest BCUT2D eigenvalue weighted by atomic mass is 15.2.